The molecule has 0 spiro atoms. The summed E-state index contributed by atoms with van der Waals surface area (Å²) in [6.45, 7) is 7.87. The minimum atomic E-state index is -0.222. The third-order valence-corrected chi connectivity index (χ3v) is 6.96. The maximum absolute atomic E-state index is 13.9. The highest BCUT2D eigenvalue weighted by Gasteiger charge is 2.22. The zero-order chi connectivity index (χ0) is 27.7. The molecule has 0 bridgehead atoms. The molecule has 206 valence electrons. The lowest BCUT2D eigenvalue weighted by atomic mass is 9.98. The van der Waals surface area contributed by atoms with E-state index in [0.717, 1.165) is 41.2 Å². The number of hydrogen-bond donors (Lipinski definition) is 1. The van der Waals surface area contributed by atoms with Crippen molar-refractivity contribution in [2.24, 2.45) is 0 Å². The number of para-hydroxylation sites is 2. The molecule has 1 amide bonds. The van der Waals surface area contributed by atoms with Crippen molar-refractivity contribution >= 4 is 17.3 Å². The standard InChI is InChI=1S/C34H36N2O4/c1-25(2)28-21-29(34(37)35-30-15-9-10-16-31(30)36-17-19-38-20-18-36)33(40-24-27-13-7-4-8-14-27)22-32(28)39-23-26-11-5-3-6-12-26/h3-16,21-22,25H,17-20,23-24H2,1-2H3,(H,35,37). The van der Waals surface area contributed by atoms with Crippen LogP contribution in [0.5, 0.6) is 11.5 Å². The van der Waals surface area contributed by atoms with E-state index < -0.39 is 0 Å². The number of amides is 1. The van der Waals surface area contributed by atoms with Gasteiger partial charge in [0.1, 0.15) is 24.7 Å². The quantitative estimate of drug-likeness (QED) is 0.235. The number of anilines is 2. The van der Waals surface area contributed by atoms with Gasteiger partial charge in [-0.05, 0) is 40.8 Å². The number of benzene rings is 4. The molecular formula is C34H36N2O4. The van der Waals surface area contributed by atoms with E-state index >= 15 is 0 Å². The second-order valence-electron chi connectivity index (χ2n) is 10.2. The molecule has 1 saturated heterocycles. The van der Waals surface area contributed by atoms with Gasteiger partial charge in [0.2, 0.25) is 0 Å². The highest BCUT2D eigenvalue weighted by Crippen LogP contribution is 2.36. The first-order valence-corrected chi connectivity index (χ1v) is 13.8. The van der Waals surface area contributed by atoms with E-state index in [1.165, 1.54) is 0 Å². The summed E-state index contributed by atoms with van der Waals surface area (Å²) in [4.78, 5) is 16.1. The lowest BCUT2D eigenvalue weighted by Gasteiger charge is -2.30. The predicted molar refractivity (Wildman–Crippen MR) is 160 cm³/mol. The molecule has 4 aromatic carbocycles. The fourth-order valence-electron chi connectivity index (χ4n) is 4.77. The summed E-state index contributed by atoms with van der Waals surface area (Å²) >= 11 is 0. The first-order chi connectivity index (χ1) is 19.6. The van der Waals surface area contributed by atoms with E-state index in [2.05, 4.69) is 24.1 Å². The van der Waals surface area contributed by atoms with Crippen LogP contribution in [0.1, 0.15) is 46.8 Å². The van der Waals surface area contributed by atoms with Crippen molar-refractivity contribution in [1.29, 1.82) is 0 Å². The van der Waals surface area contributed by atoms with Crippen LogP contribution in [0.25, 0.3) is 0 Å². The molecule has 0 saturated carbocycles. The predicted octanol–water partition coefficient (Wildman–Crippen LogP) is 7.06. The molecule has 0 unspecified atom stereocenters. The summed E-state index contributed by atoms with van der Waals surface area (Å²) < 4.78 is 18.1. The van der Waals surface area contributed by atoms with Crippen LogP contribution in [0.4, 0.5) is 11.4 Å². The van der Waals surface area contributed by atoms with Crippen molar-refractivity contribution < 1.29 is 19.0 Å². The Labute approximate surface area is 236 Å². The zero-order valence-electron chi connectivity index (χ0n) is 23.1. The smallest absolute Gasteiger partial charge is 0.259 e. The Morgan fingerprint density at radius 1 is 0.800 bits per heavy atom. The summed E-state index contributed by atoms with van der Waals surface area (Å²) in [5.41, 5.74) is 5.27. The fraction of sp³-hybridized carbons (Fsp3) is 0.265. The van der Waals surface area contributed by atoms with Gasteiger partial charge in [0, 0.05) is 19.2 Å². The molecule has 5 rings (SSSR count). The van der Waals surface area contributed by atoms with Gasteiger partial charge in [0.05, 0.1) is 30.2 Å². The van der Waals surface area contributed by atoms with Crippen molar-refractivity contribution in [2.45, 2.75) is 33.0 Å². The summed E-state index contributed by atoms with van der Waals surface area (Å²) in [7, 11) is 0. The van der Waals surface area contributed by atoms with Gasteiger partial charge >= 0.3 is 0 Å². The van der Waals surface area contributed by atoms with Crippen LogP contribution in [0.2, 0.25) is 0 Å². The molecule has 1 N–H and O–H groups in total. The molecular weight excluding hydrogens is 500 g/mol. The molecule has 6 heteroatoms. The van der Waals surface area contributed by atoms with Crippen molar-refractivity contribution in [3.8, 4) is 11.5 Å². The first kappa shape index (κ1) is 27.3. The van der Waals surface area contributed by atoms with Crippen molar-refractivity contribution in [1.82, 2.24) is 0 Å². The van der Waals surface area contributed by atoms with E-state index in [1.807, 2.05) is 97.1 Å². The van der Waals surface area contributed by atoms with Crippen LogP contribution in [0.15, 0.2) is 97.1 Å². The average molecular weight is 537 g/mol. The summed E-state index contributed by atoms with van der Waals surface area (Å²) in [5.74, 6) is 1.12. The van der Waals surface area contributed by atoms with Crippen LogP contribution in [-0.2, 0) is 18.0 Å². The van der Waals surface area contributed by atoms with Crippen molar-refractivity contribution in [3.05, 3.63) is 119 Å². The summed E-state index contributed by atoms with van der Waals surface area (Å²) in [5, 5.41) is 3.16. The molecule has 0 radical (unpaired) electrons. The van der Waals surface area contributed by atoms with Crippen LogP contribution < -0.4 is 19.7 Å². The third kappa shape index (κ3) is 6.82. The van der Waals surface area contributed by atoms with Gasteiger partial charge in [-0.3, -0.25) is 4.79 Å². The number of nitrogens with zero attached hydrogens (tertiary/aromatic N) is 1. The second kappa shape index (κ2) is 13.2. The molecule has 1 aliphatic heterocycles. The number of ether oxygens (including phenoxy) is 3. The Bertz CT molecular complexity index is 1400. The van der Waals surface area contributed by atoms with Gasteiger partial charge in [0.25, 0.3) is 5.91 Å². The van der Waals surface area contributed by atoms with E-state index in [-0.39, 0.29) is 11.8 Å². The van der Waals surface area contributed by atoms with Gasteiger partial charge in [-0.15, -0.1) is 0 Å². The second-order valence-corrected chi connectivity index (χ2v) is 10.2. The number of rotatable bonds is 10. The Morgan fingerprint density at radius 3 is 2.00 bits per heavy atom. The minimum absolute atomic E-state index is 0.140. The number of carbonyl (C=O) groups is 1. The molecule has 1 heterocycles. The zero-order valence-corrected chi connectivity index (χ0v) is 23.1. The molecule has 1 aliphatic rings. The summed E-state index contributed by atoms with van der Waals surface area (Å²) in [6.07, 6.45) is 0. The van der Waals surface area contributed by atoms with E-state index in [9.17, 15) is 4.79 Å². The van der Waals surface area contributed by atoms with E-state index in [1.54, 1.807) is 0 Å². The van der Waals surface area contributed by atoms with Gasteiger partial charge in [-0.1, -0.05) is 86.6 Å². The van der Waals surface area contributed by atoms with Gasteiger partial charge < -0.3 is 24.4 Å². The summed E-state index contributed by atoms with van der Waals surface area (Å²) in [6, 6.07) is 31.7. The molecule has 0 aliphatic carbocycles. The average Bonchev–Trinajstić information content (AvgIpc) is 3.00. The highest BCUT2D eigenvalue weighted by molar-refractivity contribution is 6.08. The molecule has 0 aromatic heterocycles. The molecule has 6 nitrogen and oxygen atoms in total. The molecule has 0 atom stereocenters. The lowest BCUT2D eigenvalue weighted by Crippen LogP contribution is -2.36. The van der Waals surface area contributed by atoms with E-state index in [4.69, 9.17) is 14.2 Å². The number of nitrogens with one attached hydrogen (secondary N) is 1. The third-order valence-electron chi connectivity index (χ3n) is 6.96. The first-order valence-electron chi connectivity index (χ1n) is 13.8. The monoisotopic (exact) mass is 536 g/mol. The van der Waals surface area contributed by atoms with Crippen LogP contribution in [0.3, 0.4) is 0 Å². The molecule has 40 heavy (non-hydrogen) atoms. The van der Waals surface area contributed by atoms with Crippen molar-refractivity contribution in [2.75, 3.05) is 36.5 Å². The lowest BCUT2D eigenvalue weighted by molar-refractivity contribution is 0.102. The van der Waals surface area contributed by atoms with Crippen LogP contribution >= 0.6 is 0 Å². The van der Waals surface area contributed by atoms with Crippen LogP contribution in [0, 0.1) is 0 Å². The Hall–Kier alpha value is -4.29. The Balaban J connectivity index is 1.46. The molecule has 4 aromatic rings. The SMILES string of the molecule is CC(C)c1cc(C(=O)Nc2ccccc2N2CCOCC2)c(OCc2ccccc2)cc1OCc1ccccc1. The highest BCUT2D eigenvalue weighted by atomic mass is 16.5. The van der Waals surface area contributed by atoms with Gasteiger partial charge in [-0.25, -0.2) is 0 Å². The maximum Gasteiger partial charge on any atom is 0.259 e. The van der Waals surface area contributed by atoms with Gasteiger partial charge in [0.15, 0.2) is 0 Å². The largest absolute Gasteiger partial charge is 0.488 e. The Kier molecular flexibility index (Phi) is 8.99. The van der Waals surface area contributed by atoms with Crippen LogP contribution in [-0.4, -0.2) is 32.2 Å². The van der Waals surface area contributed by atoms with Gasteiger partial charge in [-0.2, -0.15) is 0 Å². The normalized spacial score (nSPS) is 13.2. The topological polar surface area (TPSA) is 60.0 Å². The molecule has 1 fully saturated rings. The minimum Gasteiger partial charge on any atom is -0.488 e. The fourth-order valence-corrected chi connectivity index (χ4v) is 4.77. The Morgan fingerprint density at radius 2 is 1.38 bits per heavy atom. The number of morpholine rings is 1. The maximum atomic E-state index is 13.9. The van der Waals surface area contributed by atoms with Crippen molar-refractivity contribution in [3.63, 3.8) is 0 Å². The number of hydrogen-bond acceptors (Lipinski definition) is 5. The van der Waals surface area contributed by atoms with E-state index in [0.29, 0.717) is 43.5 Å². The number of carbonyl (C=O) groups excluding carboxylic acids is 1.